The first kappa shape index (κ1) is 15.2. The summed E-state index contributed by atoms with van der Waals surface area (Å²) in [6.45, 7) is 8.04. The average Bonchev–Trinajstić information content (AvgIpc) is 2.49. The number of aryl methyl sites for hydroxylation is 1. The molecule has 2 rings (SSSR count). The van der Waals surface area contributed by atoms with E-state index in [1.54, 1.807) is 6.20 Å². The third kappa shape index (κ3) is 4.15. The Balaban J connectivity index is 2.20. The number of anilines is 3. The van der Waals surface area contributed by atoms with Gasteiger partial charge in [-0.15, -0.1) is 5.10 Å². The van der Waals surface area contributed by atoms with Crippen LogP contribution in [0.1, 0.15) is 32.3 Å². The average molecular weight is 285 g/mol. The van der Waals surface area contributed by atoms with Gasteiger partial charge in [0.2, 0.25) is 0 Å². The number of rotatable bonds is 7. The molecule has 0 saturated heterocycles. The molecule has 0 unspecified atom stereocenters. The second-order valence-electron chi connectivity index (χ2n) is 5.01. The predicted octanol–water partition coefficient (Wildman–Crippen LogP) is 3.55. The fourth-order valence-electron chi connectivity index (χ4n) is 2.12. The second-order valence-corrected chi connectivity index (χ2v) is 5.01. The predicted molar refractivity (Wildman–Crippen MR) is 87.1 cm³/mol. The van der Waals surface area contributed by atoms with Gasteiger partial charge in [-0.05, 0) is 38.0 Å². The van der Waals surface area contributed by atoms with E-state index in [1.165, 1.54) is 5.56 Å². The van der Waals surface area contributed by atoms with Crippen molar-refractivity contribution in [1.82, 2.24) is 15.2 Å². The second kappa shape index (κ2) is 7.57. The smallest absolute Gasteiger partial charge is 0.251 e. The largest absolute Gasteiger partial charge is 0.369 e. The summed E-state index contributed by atoms with van der Waals surface area (Å²) in [5.41, 5.74) is 2.31. The molecule has 5 nitrogen and oxygen atoms in total. The molecule has 2 aromatic rings. The molecule has 0 atom stereocenters. The van der Waals surface area contributed by atoms with Crippen molar-refractivity contribution < 1.29 is 0 Å². The van der Waals surface area contributed by atoms with Gasteiger partial charge in [0.25, 0.3) is 5.95 Å². The molecule has 0 saturated carbocycles. The Hall–Kier alpha value is -2.17. The summed E-state index contributed by atoms with van der Waals surface area (Å²) in [7, 11) is 0. The molecular formula is C16H23N5. The Morgan fingerprint density at radius 3 is 2.81 bits per heavy atom. The fourth-order valence-corrected chi connectivity index (χ4v) is 2.12. The first-order chi connectivity index (χ1) is 10.2. The van der Waals surface area contributed by atoms with Crippen LogP contribution in [0, 0.1) is 6.92 Å². The van der Waals surface area contributed by atoms with Crippen molar-refractivity contribution in [3.8, 4) is 0 Å². The van der Waals surface area contributed by atoms with Crippen LogP contribution in [0.5, 0.6) is 0 Å². The van der Waals surface area contributed by atoms with Gasteiger partial charge in [0.05, 0.1) is 6.20 Å². The van der Waals surface area contributed by atoms with E-state index in [4.69, 9.17) is 0 Å². The highest BCUT2D eigenvalue weighted by Crippen LogP contribution is 2.22. The van der Waals surface area contributed by atoms with Gasteiger partial charge in [0, 0.05) is 18.8 Å². The maximum absolute atomic E-state index is 4.56. The Labute approximate surface area is 126 Å². The van der Waals surface area contributed by atoms with Crippen LogP contribution in [-0.4, -0.2) is 28.3 Å². The normalized spacial score (nSPS) is 10.4. The van der Waals surface area contributed by atoms with Crippen LogP contribution in [-0.2, 0) is 0 Å². The van der Waals surface area contributed by atoms with Crippen molar-refractivity contribution in [1.29, 1.82) is 0 Å². The third-order valence-corrected chi connectivity index (χ3v) is 3.26. The molecule has 1 aromatic carbocycles. The molecule has 0 radical (unpaired) electrons. The van der Waals surface area contributed by atoms with Crippen molar-refractivity contribution in [2.75, 3.05) is 23.3 Å². The summed E-state index contributed by atoms with van der Waals surface area (Å²) >= 11 is 0. The van der Waals surface area contributed by atoms with Crippen LogP contribution >= 0.6 is 0 Å². The van der Waals surface area contributed by atoms with Crippen molar-refractivity contribution in [2.24, 2.45) is 0 Å². The van der Waals surface area contributed by atoms with E-state index < -0.39 is 0 Å². The third-order valence-electron chi connectivity index (χ3n) is 3.26. The molecule has 1 heterocycles. The molecular weight excluding hydrogens is 262 g/mol. The zero-order valence-corrected chi connectivity index (χ0v) is 13.0. The Bertz CT molecular complexity index is 570. The highest BCUT2D eigenvalue weighted by atomic mass is 15.3. The molecule has 0 aliphatic carbocycles. The molecule has 1 aromatic heterocycles. The van der Waals surface area contributed by atoms with E-state index >= 15 is 0 Å². The summed E-state index contributed by atoms with van der Waals surface area (Å²) in [4.78, 5) is 6.62. The highest BCUT2D eigenvalue weighted by Gasteiger charge is 2.11. The van der Waals surface area contributed by atoms with Gasteiger partial charge in [-0.25, -0.2) is 0 Å². The molecule has 1 N–H and O–H groups in total. The minimum absolute atomic E-state index is 0.629. The SMILES string of the molecule is CCCCNc1cnnc(N(CC)c2cccc(C)c2)n1. The van der Waals surface area contributed by atoms with Crippen LogP contribution < -0.4 is 10.2 Å². The van der Waals surface area contributed by atoms with Crippen molar-refractivity contribution in [2.45, 2.75) is 33.6 Å². The number of nitrogens with one attached hydrogen (secondary N) is 1. The van der Waals surface area contributed by atoms with Crippen molar-refractivity contribution in [3.05, 3.63) is 36.0 Å². The van der Waals surface area contributed by atoms with Crippen LogP contribution in [0.2, 0.25) is 0 Å². The van der Waals surface area contributed by atoms with Gasteiger partial charge in [-0.1, -0.05) is 25.5 Å². The lowest BCUT2D eigenvalue weighted by atomic mass is 10.2. The van der Waals surface area contributed by atoms with Gasteiger partial charge in [-0.2, -0.15) is 10.1 Å². The number of hydrogen-bond acceptors (Lipinski definition) is 5. The van der Waals surface area contributed by atoms with Crippen molar-refractivity contribution >= 4 is 17.5 Å². The van der Waals surface area contributed by atoms with Gasteiger partial charge in [-0.3, -0.25) is 0 Å². The summed E-state index contributed by atoms with van der Waals surface area (Å²) in [5.74, 6) is 1.41. The molecule has 112 valence electrons. The lowest BCUT2D eigenvalue weighted by Gasteiger charge is -2.21. The minimum Gasteiger partial charge on any atom is -0.369 e. The quantitative estimate of drug-likeness (QED) is 0.788. The van der Waals surface area contributed by atoms with Crippen LogP contribution in [0.25, 0.3) is 0 Å². The molecule has 0 fully saturated rings. The highest BCUT2D eigenvalue weighted by molar-refractivity contribution is 5.58. The lowest BCUT2D eigenvalue weighted by Crippen LogP contribution is -2.20. The van der Waals surface area contributed by atoms with Crippen molar-refractivity contribution in [3.63, 3.8) is 0 Å². The van der Waals surface area contributed by atoms with Gasteiger partial charge in [0.1, 0.15) is 0 Å². The Kier molecular flexibility index (Phi) is 5.49. The lowest BCUT2D eigenvalue weighted by molar-refractivity contribution is 0.822. The number of aromatic nitrogens is 3. The van der Waals surface area contributed by atoms with E-state index in [0.29, 0.717) is 5.95 Å². The summed E-state index contributed by atoms with van der Waals surface area (Å²) in [6, 6.07) is 8.32. The maximum atomic E-state index is 4.56. The maximum Gasteiger partial charge on any atom is 0.251 e. The summed E-state index contributed by atoms with van der Waals surface area (Å²) in [6.07, 6.45) is 3.95. The zero-order valence-electron chi connectivity index (χ0n) is 13.0. The molecule has 5 heteroatoms. The molecule has 21 heavy (non-hydrogen) atoms. The van der Waals surface area contributed by atoms with Crippen LogP contribution in [0.3, 0.4) is 0 Å². The number of nitrogens with zero attached hydrogens (tertiary/aromatic N) is 4. The van der Waals surface area contributed by atoms with Gasteiger partial charge in [0.15, 0.2) is 5.82 Å². The fraction of sp³-hybridized carbons (Fsp3) is 0.438. The molecule has 0 amide bonds. The summed E-state index contributed by atoms with van der Waals surface area (Å²) in [5, 5.41) is 11.5. The zero-order chi connectivity index (χ0) is 15.1. The summed E-state index contributed by atoms with van der Waals surface area (Å²) < 4.78 is 0. The van der Waals surface area contributed by atoms with E-state index in [9.17, 15) is 0 Å². The standard InChI is InChI=1S/C16H23N5/c1-4-6-10-17-15-12-18-20-16(19-15)21(5-2)14-9-7-8-13(3)11-14/h7-9,11-12H,4-6,10H2,1-3H3,(H,17,19,20). The van der Waals surface area contributed by atoms with Crippen LogP contribution in [0.4, 0.5) is 17.5 Å². The monoisotopic (exact) mass is 285 g/mol. The van der Waals surface area contributed by atoms with Gasteiger partial charge < -0.3 is 10.2 Å². The molecule has 0 bridgehead atoms. The Morgan fingerprint density at radius 1 is 1.24 bits per heavy atom. The molecule has 0 aliphatic heterocycles. The molecule has 0 spiro atoms. The van der Waals surface area contributed by atoms with Crippen LogP contribution in [0.15, 0.2) is 30.5 Å². The first-order valence-corrected chi connectivity index (χ1v) is 7.52. The number of unbranched alkanes of at least 4 members (excludes halogenated alkanes) is 1. The first-order valence-electron chi connectivity index (χ1n) is 7.52. The van der Waals surface area contributed by atoms with E-state index in [1.807, 2.05) is 6.07 Å². The van der Waals surface area contributed by atoms with Gasteiger partial charge >= 0.3 is 0 Å². The number of benzene rings is 1. The minimum atomic E-state index is 0.629. The molecule has 0 aliphatic rings. The van der Waals surface area contributed by atoms with E-state index in [0.717, 1.165) is 37.4 Å². The van der Waals surface area contributed by atoms with E-state index in [-0.39, 0.29) is 0 Å². The number of hydrogen-bond donors (Lipinski definition) is 1. The Morgan fingerprint density at radius 2 is 2.10 bits per heavy atom. The topological polar surface area (TPSA) is 53.9 Å². The van der Waals surface area contributed by atoms with E-state index in [2.05, 4.69) is 64.4 Å².